The van der Waals surface area contributed by atoms with E-state index >= 15 is 0 Å². The van der Waals surface area contributed by atoms with Crippen molar-refractivity contribution in [1.82, 2.24) is 9.55 Å². The van der Waals surface area contributed by atoms with Gasteiger partial charge in [-0.25, -0.2) is 4.98 Å². The van der Waals surface area contributed by atoms with Crippen LogP contribution < -0.4 is 5.73 Å². The fourth-order valence-electron chi connectivity index (χ4n) is 1.85. The van der Waals surface area contributed by atoms with E-state index in [1.165, 1.54) is 0 Å². The molecule has 1 aliphatic carbocycles. The van der Waals surface area contributed by atoms with Crippen LogP contribution in [0.3, 0.4) is 0 Å². The van der Waals surface area contributed by atoms with E-state index in [1.807, 2.05) is 10.6 Å². The van der Waals surface area contributed by atoms with Crippen molar-refractivity contribution in [3.63, 3.8) is 0 Å². The highest BCUT2D eigenvalue weighted by Gasteiger charge is 2.28. The van der Waals surface area contributed by atoms with Crippen LogP contribution >= 0.6 is 0 Å². The Labute approximate surface area is 81.0 Å². The summed E-state index contributed by atoms with van der Waals surface area (Å²) in [5.41, 5.74) is 7.35. The number of phenolic OH excluding ortho intramolecular Hbond substituents is 1. The zero-order valence-electron chi connectivity index (χ0n) is 7.64. The summed E-state index contributed by atoms with van der Waals surface area (Å²) in [7, 11) is 0. The maximum absolute atomic E-state index is 9.73. The molecule has 14 heavy (non-hydrogen) atoms. The predicted molar refractivity (Wildman–Crippen MR) is 54.1 cm³/mol. The van der Waals surface area contributed by atoms with Gasteiger partial charge >= 0.3 is 0 Å². The molecule has 1 fully saturated rings. The van der Waals surface area contributed by atoms with Crippen LogP contribution in [0.15, 0.2) is 18.2 Å². The summed E-state index contributed by atoms with van der Waals surface area (Å²) in [6.07, 6.45) is 2.26. The van der Waals surface area contributed by atoms with E-state index in [1.54, 1.807) is 12.1 Å². The van der Waals surface area contributed by atoms with E-state index in [0.717, 1.165) is 23.9 Å². The first-order valence-electron chi connectivity index (χ1n) is 4.73. The zero-order valence-corrected chi connectivity index (χ0v) is 7.64. The molecule has 0 bridgehead atoms. The molecule has 0 aliphatic heterocycles. The van der Waals surface area contributed by atoms with Gasteiger partial charge in [-0.3, -0.25) is 0 Å². The lowest BCUT2D eigenvalue weighted by Gasteiger charge is -2.04. The number of nitrogens with zero attached hydrogens (tertiary/aromatic N) is 2. The Morgan fingerprint density at radius 3 is 2.93 bits per heavy atom. The second-order valence-electron chi connectivity index (χ2n) is 3.72. The van der Waals surface area contributed by atoms with Crippen molar-refractivity contribution < 1.29 is 5.11 Å². The van der Waals surface area contributed by atoms with Crippen LogP contribution in [-0.2, 0) is 0 Å². The van der Waals surface area contributed by atoms with Crippen LogP contribution in [0.25, 0.3) is 11.0 Å². The number of para-hydroxylation sites is 1. The van der Waals surface area contributed by atoms with Crippen LogP contribution in [-0.4, -0.2) is 14.7 Å². The Morgan fingerprint density at radius 1 is 1.43 bits per heavy atom. The molecule has 4 nitrogen and oxygen atoms in total. The monoisotopic (exact) mass is 189 g/mol. The highest BCUT2D eigenvalue weighted by Crippen LogP contribution is 2.41. The molecule has 3 N–H and O–H groups in total. The first-order chi connectivity index (χ1) is 6.77. The third-order valence-corrected chi connectivity index (χ3v) is 2.63. The molecule has 1 saturated carbocycles. The molecule has 72 valence electrons. The van der Waals surface area contributed by atoms with Gasteiger partial charge in [0, 0.05) is 6.04 Å². The van der Waals surface area contributed by atoms with Gasteiger partial charge < -0.3 is 15.4 Å². The second-order valence-corrected chi connectivity index (χ2v) is 3.72. The Balaban J connectivity index is 2.39. The molecule has 0 radical (unpaired) electrons. The normalized spacial score (nSPS) is 16.3. The lowest BCUT2D eigenvalue weighted by Crippen LogP contribution is -2.00. The fourth-order valence-corrected chi connectivity index (χ4v) is 1.85. The Bertz CT molecular complexity index is 499. The van der Waals surface area contributed by atoms with Crippen LogP contribution in [0.1, 0.15) is 18.9 Å². The highest BCUT2D eigenvalue weighted by molar-refractivity contribution is 5.84. The highest BCUT2D eigenvalue weighted by atomic mass is 16.3. The van der Waals surface area contributed by atoms with Crippen LogP contribution in [0.5, 0.6) is 5.75 Å². The van der Waals surface area contributed by atoms with E-state index in [4.69, 9.17) is 5.73 Å². The Hall–Kier alpha value is -1.71. The lowest BCUT2D eigenvalue weighted by molar-refractivity contribution is 0.478. The van der Waals surface area contributed by atoms with Crippen LogP contribution in [0.4, 0.5) is 5.95 Å². The van der Waals surface area contributed by atoms with E-state index < -0.39 is 0 Å². The van der Waals surface area contributed by atoms with Crippen molar-refractivity contribution in [2.75, 3.05) is 5.73 Å². The summed E-state index contributed by atoms with van der Waals surface area (Å²) in [6.45, 7) is 0. The van der Waals surface area contributed by atoms with Gasteiger partial charge in [0.1, 0.15) is 11.3 Å². The zero-order chi connectivity index (χ0) is 9.71. The molecule has 1 heterocycles. The number of nitrogen functional groups attached to an aromatic ring is 1. The first-order valence-corrected chi connectivity index (χ1v) is 4.73. The summed E-state index contributed by atoms with van der Waals surface area (Å²) in [5, 5.41) is 9.73. The molecule has 0 saturated heterocycles. The van der Waals surface area contributed by atoms with Gasteiger partial charge in [-0.2, -0.15) is 0 Å². The Morgan fingerprint density at radius 2 is 2.21 bits per heavy atom. The van der Waals surface area contributed by atoms with Crippen LogP contribution in [0.2, 0.25) is 0 Å². The topological polar surface area (TPSA) is 64.1 Å². The maximum atomic E-state index is 9.73. The maximum Gasteiger partial charge on any atom is 0.201 e. The number of phenols is 1. The summed E-state index contributed by atoms with van der Waals surface area (Å²) < 4.78 is 1.94. The third kappa shape index (κ3) is 0.907. The number of benzene rings is 1. The number of aromatic nitrogens is 2. The number of aromatic hydroxyl groups is 1. The molecule has 0 spiro atoms. The van der Waals surface area contributed by atoms with Crippen LogP contribution in [0, 0.1) is 0 Å². The molecule has 0 unspecified atom stereocenters. The molecule has 4 heteroatoms. The van der Waals surface area contributed by atoms with Crippen molar-refractivity contribution in [2.24, 2.45) is 0 Å². The molecule has 1 aromatic heterocycles. The number of imidazole rings is 1. The largest absolute Gasteiger partial charge is 0.506 e. The molecule has 0 atom stereocenters. The SMILES string of the molecule is Nc1nc2cccc(O)c2n1C1CC1. The van der Waals surface area contributed by atoms with Crippen molar-refractivity contribution >= 4 is 17.0 Å². The number of nitrogens with two attached hydrogens (primary N) is 1. The number of fused-ring (bicyclic) bond motifs is 1. The molecular weight excluding hydrogens is 178 g/mol. The van der Waals surface area contributed by atoms with Gasteiger partial charge in [-0.1, -0.05) is 6.07 Å². The average molecular weight is 189 g/mol. The van der Waals surface area contributed by atoms with Gasteiger partial charge in [0.05, 0.1) is 5.52 Å². The number of anilines is 1. The van der Waals surface area contributed by atoms with Crippen molar-refractivity contribution in [3.05, 3.63) is 18.2 Å². The summed E-state index contributed by atoms with van der Waals surface area (Å²) >= 11 is 0. The quantitative estimate of drug-likeness (QED) is 0.717. The third-order valence-electron chi connectivity index (χ3n) is 2.63. The smallest absolute Gasteiger partial charge is 0.201 e. The minimum absolute atomic E-state index is 0.263. The molecule has 1 aromatic carbocycles. The van der Waals surface area contributed by atoms with Gasteiger partial charge in [-0.15, -0.1) is 0 Å². The van der Waals surface area contributed by atoms with Crippen molar-refractivity contribution in [3.8, 4) is 5.75 Å². The van der Waals surface area contributed by atoms with E-state index in [2.05, 4.69) is 4.98 Å². The molecule has 2 aromatic rings. The van der Waals surface area contributed by atoms with E-state index in [-0.39, 0.29) is 5.75 Å². The lowest BCUT2D eigenvalue weighted by atomic mass is 10.3. The molecule has 0 amide bonds. The minimum Gasteiger partial charge on any atom is -0.506 e. The van der Waals surface area contributed by atoms with Gasteiger partial charge in [0.2, 0.25) is 5.95 Å². The fraction of sp³-hybridized carbons (Fsp3) is 0.300. The molecule has 1 aliphatic rings. The van der Waals surface area contributed by atoms with Gasteiger partial charge in [0.15, 0.2) is 0 Å². The van der Waals surface area contributed by atoms with E-state index in [0.29, 0.717) is 12.0 Å². The Kier molecular flexibility index (Phi) is 1.32. The van der Waals surface area contributed by atoms with Gasteiger partial charge in [0.25, 0.3) is 0 Å². The standard InChI is InChI=1S/C10H11N3O/c11-10-12-7-2-1-3-8(14)9(7)13(10)6-4-5-6/h1-3,6,14H,4-5H2,(H2,11,12). The summed E-state index contributed by atoms with van der Waals surface area (Å²) in [6, 6.07) is 5.75. The predicted octanol–water partition coefficient (Wildman–Crippen LogP) is 1.66. The number of hydrogen-bond acceptors (Lipinski definition) is 3. The minimum atomic E-state index is 0.263. The van der Waals surface area contributed by atoms with E-state index in [9.17, 15) is 5.11 Å². The number of rotatable bonds is 1. The number of hydrogen-bond donors (Lipinski definition) is 2. The van der Waals surface area contributed by atoms with Gasteiger partial charge in [-0.05, 0) is 25.0 Å². The second kappa shape index (κ2) is 2.41. The first kappa shape index (κ1) is 7.67. The molecule has 3 rings (SSSR count). The summed E-state index contributed by atoms with van der Waals surface area (Å²) in [5.74, 6) is 0.766. The molecular formula is C10H11N3O. The summed E-state index contributed by atoms with van der Waals surface area (Å²) in [4.78, 5) is 4.22. The van der Waals surface area contributed by atoms with Crippen molar-refractivity contribution in [2.45, 2.75) is 18.9 Å². The average Bonchev–Trinajstić information content (AvgIpc) is 2.90. The van der Waals surface area contributed by atoms with Crippen molar-refractivity contribution in [1.29, 1.82) is 0 Å².